The molecule has 5 heterocycles. The number of piperidine rings is 2. The lowest BCUT2D eigenvalue weighted by molar-refractivity contribution is 0.0995. The van der Waals surface area contributed by atoms with Crippen molar-refractivity contribution in [3.05, 3.63) is 65.2 Å². The number of benzene rings is 1. The van der Waals surface area contributed by atoms with Gasteiger partial charge in [0.25, 0.3) is 5.91 Å². The zero-order valence-electron chi connectivity index (χ0n) is 23.5. The minimum atomic E-state index is -0.586. The lowest BCUT2D eigenvalue weighted by Crippen LogP contribution is -2.40. The van der Waals surface area contributed by atoms with Gasteiger partial charge in [-0.2, -0.15) is 0 Å². The molecule has 3 aliphatic heterocycles. The molecule has 0 unspecified atom stereocenters. The lowest BCUT2D eigenvalue weighted by Gasteiger charge is -2.37. The highest BCUT2D eigenvalue weighted by Crippen LogP contribution is 2.29. The summed E-state index contributed by atoms with van der Waals surface area (Å²) in [6.45, 7) is 7.02. The summed E-state index contributed by atoms with van der Waals surface area (Å²) in [5.41, 5.74) is 10.9. The molecule has 6 rings (SSSR count). The van der Waals surface area contributed by atoms with Crippen LogP contribution < -0.4 is 20.9 Å². The maximum Gasteiger partial charge on any atom is 0.271 e. The van der Waals surface area contributed by atoms with E-state index in [9.17, 15) is 9.59 Å². The van der Waals surface area contributed by atoms with E-state index in [0.717, 1.165) is 101 Å². The van der Waals surface area contributed by atoms with E-state index >= 15 is 0 Å². The smallest absolute Gasteiger partial charge is 0.271 e. The molecule has 3 aliphatic rings. The van der Waals surface area contributed by atoms with Gasteiger partial charge < -0.3 is 20.9 Å². The van der Waals surface area contributed by atoms with Crippen molar-refractivity contribution in [2.75, 3.05) is 54.4 Å². The fraction of sp³-hybridized carbons (Fsp3) is 0.452. The Labute approximate surface area is 241 Å². The van der Waals surface area contributed by atoms with Crippen molar-refractivity contribution < 1.29 is 9.59 Å². The first-order chi connectivity index (χ1) is 20.1. The number of carbonyl (C=O) groups excluding carboxylic acids is 2. The van der Waals surface area contributed by atoms with Crippen LogP contribution in [0.1, 0.15) is 64.2 Å². The van der Waals surface area contributed by atoms with Gasteiger partial charge in [-0.25, -0.2) is 9.97 Å². The molecule has 41 heavy (non-hydrogen) atoms. The minimum absolute atomic E-state index is 0.162. The van der Waals surface area contributed by atoms with Crippen molar-refractivity contribution in [2.24, 2.45) is 11.7 Å². The van der Waals surface area contributed by atoms with Crippen LogP contribution in [0.15, 0.2) is 42.7 Å². The molecule has 10 heteroatoms. The monoisotopic (exact) mass is 554 g/mol. The van der Waals surface area contributed by atoms with Crippen LogP contribution in [0.25, 0.3) is 0 Å². The van der Waals surface area contributed by atoms with Gasteiger partial charge in [0.1, 0.15) is 11.5 Å². The average molecular weight is 555 g/mol. The van der Waals surface area contributed by atoms with E-state index in [4.69, 9.17) is 10.7 Å². The van der Waals surface area contributed by atoms with E-state index in [0.29, 0.717) is 17.4 Å². The number of nitrogens with one attached hydrogen (secondary N) is 1. The molecule has 1 amide bonds. The zero-order valence-corrected chi connectivity index (χ0v) is 23.5. The highest BCUT2D eigenvalue weighted by atomic mass is 16.1. The van der Waals surface area contributed by atoms with Crippen molar-refractivity contribution in [3.8, 4) is 0 Å². The van der Waals surface area contributed by atoms with Crippen LogP contribution in [0.4, 0.5) is 23.0 Å². The number of anilines is 4. The summed E-state index contributed by atoms with van der Waals surface area (Å²) in [7, 11) is 0. The van der Waals surface area contributed by atoms with Gasteiger partial charge in [0.05, 0.1) is 18.1 Å². The topological polar surface area (TPSA) is 121 Å². The van der Waals surface area contributed by atoms with E-state index in [2.05, 4.69) is 48.2 Å². The van der Waals surface area contributed by atoms with Crippen molar-refractivity contribution in [1.82, 2.24) is 19.9 Å². The Morgan fingerprint density at radius 1 is 0.951 bits per heavy atom. The predicted molar refractivity (Wildman–Crippen MR) is 160 cm³/mol. The molecule has 2 saturated heterocycles. The van der Waals surface area contributed by atoms with Crippen molar-refractivity contribution >= 4 is 35.2 Å². The van der Waals surface area contributed by atoms with Crippen LogP contribution in [0.3, 0.4) is 0 Å². The molecular formula is C31H38N8O2. The second kappa shape index (κ2) is 12.2. The first-order valence-electron chi connectivity index (χ1n) is 14.7. The lowest BCUT2D eigenvalue weighted by atomic mass is 9.93. The molecular weight excluding hydrogens is 516 g/mol. The molecule has 0 spiro atoms. The summed E-state index contributed by atoms with van der Waals surface area (Å²) in [5.74, 6) is 1.29. The fourth-order valence-corrected chi connectivity index (χ4v) is 6.30. The van der Waals surface area contributed by atoms with Gasteiger partial charge in [0.2, 0.25) is 0 Å². The third-order valence-electron chi connectivity index (χ3n) is 8.62. The molecule has 0 atom stereocenters. The second-order valence-electron chi connectivity index (χ2n) is 11.4. The molecule has 3 aromatic rings. The second-order valence-corrected chi connectivity index (χ2v) is 11.4. The number of aldehydes is 1. The van der Waals surface area contributed by atoms with Crippen LogP contribution in [0, 0.1) is 5.92 Å². The van der Waals surface area contributed by atoms with Crippen LogP contribution >= 0.6 is 0 Å². The van der Waals surface area contributed by atoms with E-state index in [1.807, 2.05) is 6.07 Å². The molecule has 10 nitrogen and oxygen atoms in total. The van der Waals surface area contributed by atoms with Crippen molar-refractivity contribution in [1.29, 1.82) is 0 Å². The SMILES string of the molecule is NC(=O)c1ncc(N2CCCCC2)nc1Nc1ccc2c(c1)CCN(CC1CCN(c3ccc(C=O)nc3)CC1)C2. The maximum atomic E-state index is 12.1. The van der Waals surface area contributed by atoms with Crippen LogP contribution in [-0.2, 0) is 13.0 Å². The van der Waals surface area contributed by atoms with Crippen LogP contribution in [0.2, 0.25) is 0 Å². The Hall–Kier alpha value is -4.05. The average Bonchev–Trinajstić information content (AvgIpc) is 3.02. The number of hydrogen-bond donors (Lipinski definition) is 2. The van der Waals surface area contributed by atoms with Gasteiger partial charge in [-0.3, -0.25) is 19.5 Å². The number of fused-ring (bicyclic) bond motifs is 1. The quantitative estimate of drug-likeness (QED) is 0.401. The number of pyridine rings is 1. The van der Waals surface area contributed by atoms with Gasteiger partial charge in [0.15, 0.2) is 17.8 Å². The molecule has 0 radical (unpaired) electrons. The maximum absolute atomic E-state index is 12.1. The molecule has 2 fully saturated rings. The third-order valence-corrected chi connectivity index (χ3v) is 8.62. The summed E-state index contributed by atoms with van der Waals surface area (Å²) in [6, 6.07) is 10.2. The normalized spacial score (nSPS) is 18.1. The van der Waals surface area contributed by atoms with Gasteiger partial charge in [-0.15, -0.1) is 0 Å². The standard InChI is InChI=1S/C31H38N8O2/c32-30(41)29-31(36-28(18-34-29)39-11-2-1-3-12-39)35-25-5-4-24-20-37(13-10-23(24)16-25)19-22-8-14-38(15-9-22)27-7-6-26(21-40)33-17-27/h4-7,16-18,21-22H,1-3,8-15,19-20H2,(H2,32,41)(H,35,36). The minimum Gasteiger partial charge on any atom is -0.370 e. The van der Waals surface area contributed by atoms with Gasteiger partial charge in [-0.05, 0) is 79.8 Å². The van der Waals surface area contributed by atoms with E-state index < -0.39 is 5.91 Å². The number of rotatable bonds is 8. The molecule has 3 N–H and O–H groups in total. The number of primary amides is 1. The van der Waals surface area contributed by atoms with Gasteiger partial charge in [-0.1, -0.05) is 6.07 Å². The number of hydrogen-bond acceptors (Lipinski definition) is 9. The summed E-state index contributed by atoms with van der Waals surface area (Å²) in [4.78, 5) is 43.5. The fourth-order valence-electron chi connectivity index (χ4n) is 6.30. The highest BCUT2D eigenvalue weighted by Gasteiger charge is 2.25. The number of nitrogens with two attached hydrogens (primary N) is 1. The Kier molecular flexibility index (Phi) is 8.09. The largest absolute Gasteiger partial charge is 0.370 e. The molecule has 2 aromatic heterocycles. The Morgan fingerprint density at radius 2 is 1.78 bits per heavy atom. The van der Waals surface area contributed by atoms with E-state index in [-0.39, 0.29) is 5.69 Å². The van der Waals surface area contributed by atoms with Crippen LogP contribution in [0.5, 0.6) is 0 Å². The number of nitrogens with zero attached hydrogens (tertiary/aromatic N) is 6. The Bertz CT molecular complexity index is 1380. The summed E-state index contributed by atoms with van der Waals surface area (Å²) < 4.78 is 0. The first-order valence-corrected chi connectivity index (χ1v) is 14.7. The number of amides is 1. The van der Waals surface area contributed by atoms with Crippen molar-refractivity contribution in [3.63, 3.8) is 0 Å². The molecule has 0 bridgehead atoms. The van der Waals surface area contributed by atoms with E-state index in [1.165, 1.54) is 17.5 Å². The molecule has 0 saturated carbocycles. The first kappa shape index (κ1) is 27.1. The van der Waals surface area contributed by atoms with Gasteiger partial charge >= 0.3 is 0 Å². The molecule has 0 aliphatic carbocycles. The van der Waals surface area contributed by atoms with Crippen molar-refractivity contribution in [2.45, 2.75) is 45.1 Å². The van der Waals surface area contributed by atoms with E-state index in [1.54, 1.807) is 18.5 Å². The molecule has 1 aromatic carbocycles. The number of carbonyl (C=O) groups is 2. The highest BCUT2D eigenvalue weighted by molar-refractivity contribution is 5.96. The van der Waals surface area contributed by atoms with Gasteiger partial charge in [0, 0.05) is 51.5 Å². The van der Waals surface area contributed by atoms with Crippen LogP contribution in [-0.4, -0.2) is 71.3 Å². The third kappa shape index (κ3) is 6.32. The Balaban J connectivity index is 1.06. The Morgan fingerprint density at radius 3 is 2.51 bits per heavy atom. The molecule has 214 valence electrons. The summed E-state index contributed by atoms with van der Waals surface area (Å²) in [6.07, 6.45) is 11.1. The number of aromatic nitrogens is 3. The predicted octanol–water partition coefficient (Wildman–Crippen LogP) is 3.79. The summed E-state index contributed by atoms with van der Waals surface area (Å²) in [5, 5.41) is 3.34. The zero-order chi connectivity index (χ0) is 28.2. The summed E-state index contributed by atoms with van der Waals surface area (Å²) >= 11 is 0.